The molecule has 1 aromatic carbocycles. The molecule has 20 heavy (non-hydrogen) atoms. The Morgan fingerprint density at radius 3 is 2.70 bits per heavy atom. The van der Waals surface area contributed by atoms with E-state index in [9.17, 15) is 10.1 Å². The van der Waals surface area contributed by atoms with Crippen molar-refractivity contribution < 1.29 is 4.92 Å². The van der Waals surface area contributed by atoms with Gasteiger partial charge in [-0.2, -0.15) is 0 Å². The Morgan fingerprint density at radius 2 is 2.15 bits per heavy atom. The molecule has 1 aliphatic heterocycles. The summed E-state index contributed by atoms with van der Waals surface area (Å²) in [5.41, 5.74) is 1.84. The number of nitro benzene ring substituents is 1. The Labute approximate surface area is 119 Å². The maximum Gasteiger partial charge on any atom is 0.273 e. The molecular weight excluding hydrogens is 256 g/mol. The van der Waals surface area contributed by atoms with E-state index in [4.69, 9.17) is 0 Å². The number of hydrogen-bond donors (Lipinski definition) is 1. The lowest BCUT2D eigenvalue weighted by Crippen LogP contribution is -2.51. The summed E-state index contributed by atoms with van der Waals surface area (Å²) in [6.45, 7) is 8.21. The maximum atomic E-state index is 11.0. The number of nitro groups is 1. The van der Waals surface area contributed by atoms with E-state index in [0.717, 1.165) is 37.6 Å². The quantitative estimate of drug-likeness (QED) is 0.675. The summed E-state index contributed by atoms with van der Waals surface area (Å²) < 4.78 is 0. The van der Waals surface area contributed by atoms with Crippen molar-refractivity contribution in [3.05, 3.63) is 28.3 Å². The number of likely N-dealkylation sites (N-methyl/N-ethyl adjacent to an activating group) is 1. The van der Waals surface area contributed by atoms with E-state index in [0.29, 0.717) is 6.04 Å². The van der Waals surface area contributed by atoms with Crippen LogP contribution in [0.4, 0.5) is 17.1 Å². The minimum Gasteiger partial charge on any atom is -0.388 e. The molecule has 0 spiro atoms. The van der Waals surface area contributed by atoms with Gasteiger partial charge < -0.3 is 10.2 Å². The minimum atomic E-state index is -0.337. The molecular formula is C14H22N4O2. The first kappa shape index (κ1) is 14.6. The molecule has 0 saturated carbocycles. The fourth-order valence-electron chi connectivity index (χ4n) is 2.73. The normalized spacial score (nSPS) is 19.9. The first-order chi connectivity index (χ1) is 9.55. The number of anilines is 2. The van der Waals surface area contributed by atoms with E-state index in [1.165, 1.54) is 0 Å². The highest BCUT2D eigenvalue weighted by atomic mass is 16.6. The molecule has 0 aliphatic carbocycles. The van der Waals surface area contributed by atoms with Gasteiger partial charge in [0.05, 0.1) is 4.92 Å². The van der Waals surface area contributed by atoms with Crippen LogP contribution in [0.25, 0.3) is 0 Å². The molecule has 0 amide bonds. The Morgan fingerprint density at radius 1 is 1.40 bits per heavy atom. The highest BCUT2D eigenvalue weighted by Crippen LogP contribution is 2.28. The van der Waals surface area contributed by atoms with Crippen LogP contribution >= 0.6 is 0 Å². The molecule has 1 aromatic rings. The number of rotatable bonds is 4. The lowest BCUT2D eigenvalue weighted by molar-refractivity contribution is -0.384. The van der Waals surface area contributed by atoms with Crippen molar-refractivity contribution in [1.29, 1.82) is 0 Å². The average Bonchev–Trinajstić information content (AvgIpc) is 2.46. The van der Waals surface area contributed by atoms with E-state index < -0.39 is 0 Å². The van der Waals surface area contributed by atoms with Crippen LogP contribution in [0, 0.1) is 10.1 Å². The summed E-state index contributed by atoms with van der Waals surface area (Å²) in [5, 5.41) is 14.0. The van der Waals surface area contributed by atoms with Crippen LogP contribution in [0.5, 0.6) is 0 Å². The zero-order valence-corrected chi connectivity index (χ0v) is 12.3. The molecule has 2 rings (SSSR count). The van der Waals surface area contributed by atoms with Gasteiger partial charge in [0.2, 0.25) is 0 Å². The molecule has 1 unspecified atom stereocenters. The van der Waals surface area contributed by atoms with Gasteiger partial charge >= 0.3 is 0 Å². The van der Waals surface area contributed by atoms with Crippen LogP contribution in [-0.2, 0) is 0 Å². The molecule has 0 radical (unpaired) electrons. The maximum absolute atomic E-state index is 11.0. The number of nitrogens with zero attached hydrogens (tertiary/aromatic N) is 3. The van der Waals surface area contributed by atoms with E-state index in [-0.39, 0.29) is 10.6 Å². The summed E-state index contributed by atoms with van der Waals surface area (Å²) in [5.74, 6) is 0. The average molecular weight is 278 g/mol. The van der Waals surface area contributed by atoms with Crippen molar-refractivity contribution >= 4 is 17.1 Å². The summed E-state index contributed by atoms with van der Waals surface area (Å²) in [6.07, 6.45) is 0. The molecule has 1 fully saturated rings. The van der Waals surface area contributed by atoms with Crippen LogP contribution in [-0.4, -0.2) is 49.1 Å². The van der Waals surface area contributed by atoms with Crippen LogP contribution in [0.1, 0.15) is 13.8 Å². The van der Waals surface area contributed by atoms with Crippen LogP contribution < -0.4 is 10.2 Å². The van der Waals surface area contributed by atoms with Crippen molar-refractivity contribution in [2.75, 3.05) is 43.4 Å². The summed E-state index contributed by atoms with van der Waals surface area (Å²) in [7, 11) is 1.78. The monoisotopic (exact) mass is 278 g/mol. The van der Waals surface area contributed by atoms with Gasteiger partial charge in [-0.15, -0.1) is 0 Å². The Kier molecular flexibility index (Phi) is 4.44. The number of non-ortho nitro benzene ring substituents is 1. The van der Waals surface area contributed by atoms with Gasteiger partial charge in [0.1, 0.15) is 0 Å². The van der Waals surface area contributed by atoms with Crippen molar-refractivity contribution in [3.63, 3.8) is 0 Å². The third-order valence-electron chi connectivity index (χ3n) is 3.94. The summed E-state index contributed by atoms with van der Waals surface area (Å²) in [4.78, 5) is 15.3. The Balaban J connectivity index is 2.24. The van der Waals surface area contributed by atoms with Crippen molar-refractivity contribution in [2.45, 2.75) is 19.9 Å². The smallest absolute Gasteiger partial charge is 0.273 e. The van der Waals surface area contributed by atoms with Crippen LogP contribution in [0.15, 0.2) is 18.2 Å². The number of benzene rings is 1. The summed E-state index contributed by atoms with van der Waals surface area (Å²) in [6, 6.07) is 5.66. The molecule has 1 aliphatic rings. The lowest BCUT2D eigenvalue weighted by Gasteiger charge is -2.40. The molecule has 1 heterocycles. The predicted octanol–water partition coefficient (Wildman–Crippen LogP) is 2.17. The predicted molar refractivity (Wildman–Crippen MR) is 81.6 cm³/mol. The SMILES string of the molecule is CCN1CCN(c2cc(NC)cc([N+](=O)[O-])c2)CC1C. The Bertz CT molecular complexity index is 492. The van der Waals surface area contributed by atoms with Gasteiger partial charge in [-0.05, 0) is 19.5 Å². The number of hydrogen-bond acceptors (Lipinski definition) is 5. The fourth-order valence-corrected chi connectivity index (χ4v) is 2.73. The molecule has 110 valence electrons. The first-order valence-electron chi connectivity index (χ1n) is 7.01. The van der Waals surface area contributed by atoms with Gasteiger partial charge in [-0.3, -0.25) is 15.0 Å². The van der Waals surface area contributed by atoms with Crippen LogP contribution in [0.2, 0.25) is 0 Å². The van der Waals surface area contributed by atoms with E-state index in [2.05, 4.69) is 29.0 Å². The molecule has 0 aromatic heterocycles. The number of piperazine rings is 1. The molecule has 6 heteroatoms. The zero-order valence-electron chi connectivity index (χ0n) is 12.3. The molecule has 0 bridgehead atoms. The van der Waals surface area contributed by atoms with E-state index in [1.807, 2.05) is 6.07 Å². The second-order valence-corrected chi connectivity index (χ2v) is 5.17. The first-order valence-corrected chi connectivity index (χ1v) is 7.01. The second kappa shape index (κ2) is 6.09. The molecule has 1 saturated heterocycles. The van der Waals surface area contributed by atoms with Gasteiger partial charge in [-0.25, -0.2) is 0 Å². The molecule has 1 N–H and O–H groups in total. The third-order valence-corrected chi connectivity index (χ3v) is 3.94. The van der Waals surface area contributed by atoms with E-state index in [1.54, 1.807) is 19.2 Å². The molecule has 1 atom stereocenters. The highest BCUT2D eigenvalue weighted by molar-refractivity contribution is 5.64. The van der Waals surface area contributed by atoms with Gasteiger partial charge in [0.25, 0.3) is 5.69 Å². The van der Waals surface area contributed by atoms with Gasteiger partial charge in [0.15, 0.2) is 0 Å². The summed E-state index contributed by atoms with van der Waals surface area (Å²) >= 11 is 0. The lowest BCUT2D eigenvalue weighted by atomic mass is 10.1. The highest BCUT2D eigenvalue weighted by Gasteiger charge is 2.23. The number of nitrogens with one attached hydrogen (secondary N) is 1. The topological polar surface area (TPSA) is 61.6 Å². The zero-order chi connectivity index (χ0) is 14.7. The van der Waals surface area contributed by atoms with Crippen molar-refractivity contribution in [3.8, 4) is 0 Å². The van der Waals surface area contributed by atoms with Gasteiger partial charge in [-0.1, -0.05) is 6.92 Å². The third kappa shape index (κ3) is 3.01. The van der Waals surface area contributed by atoms with Crippen molar-refractivity contribution in [1.82, 2.24) is 4.90 Å². The van der Waals surface area contributed by atoms with Crippen molar-refractivity contribution in [2.24, 2.45) is 0 Å². The Hall–Kier alpha value is -1.82. The van der Waals surface area contributed by atoms with E-state index >= 15 is 0 Å². The second-order valence-electron chi connectivity index (χ2n) is 5.17. The minimum absolute atomic E-state index is 0.137. The fraction of sp³-hybridized carbons (Fsp3) is 0.571. The molecule has 6 nitrogen and oxygen atoms in total. The largest absolute Gasteiger partial charge is 0.388 e. The van der Waals surface area contributed by atoms with Gasteiger partial charge in [0, 0.05) is 56.2 Å². The standard InChI is InChI=1S/C14H22N4O2/c1-4-16-5-6-17(10-11(16)2)13-7-12(15-3)8-14(9-13)18(19)20/h7-9,11,15H,4-6,10H2,1-3H3. The van der Waals surface area contributed by atoms with Crippen LogP contribution in [0.3, 0.4) is 0 Å².